The number of methoxy groups -OCH3 is 1. The zero-order valence-corrected chi connectivity index (χ0v) is 11.8. The number of hydrogen-bond acceptors (Lipinski definition) is 3. The minimum absolute atomic E-state index is 0.187. The summed E-state index contributed by atoms with van der Waals surface area (Å²) in [6.07, 6.45) is 4.00. The Labute approximate surface area is 109 Å². The minimum atomic E-state index is -0.778. The molecule has 0 bridgehead atoms. The van der Waals surface area contributed by atoms with Crippen molar-refractivity contribution in [3.8, 4) is 0 Å². The SMILES string of the molecule is C/C=C(\OC)C(=O)NCCCCCC(=O)O.CC. The average molecular weight is 259 g/mol. The van der Waals surface area contributed by atoms with Gasteiger partial charge in [0.25, 0.3) is 5.91 Å². The molecule has 1 amide bonds. The van der Waals surface area contributed by atoms with Crippen molar-refractivity contribution in [3.05, 3.63) is 11.8 Å². The molecule has 0 heterocycles. The molecule has 106 valence electrons. The third-order valence-electron chi connectivity index (χ3n) is 2.06. The predicted octanol–water partition coefficient (Wildman–Crippen LogP) is 2.32. The first-order chi connectivity index (χ1) is 8.61. The Bertz CT molecular complexity index is 262. The number of carboxylic acids is 1. The Balaban J connectivity index is 0. The van der Waals surface area contributed by atoms with Crippen LogP contribution in [0.25, 0.3) is 0 Å². The number of allylic oxidation sites excluding steroid dienone is 1. The number of carboxylic acid groups (broad SMARTS) is 1. The molecule has 0 saturated carbocycles. The fourth-order valence-corrected chi connectivity index (χ4v) is 1.21. The van der Waals surface area contributed by atoms with E-state index in [0.717, 1.165) is 12.8 Å². The highest BCUT2D eigenvalue weighted by Crippen LogP contribution is 1.99. The Morgan fingerprint density at radius 3 is 2.28 bits per heavy atom. The van der Waals surface area contributed by atoms with Gasteiger partial charge in [-0.2, -0.15) is 0 Å². The van der Waals surface area contributed by atoms with Crippen LogP contribution in [0.3, 0.4) is 0 Å². The van der Waals surface area contributed by atoms with Crippen molar-refractivity contribution in [2.24, 2.45) is 0 Å². The van der Waals surface area contributed by atoms with E-state index in [1.165, 1.54) is 7.11 Å². The summed E-state index contributed by atoms with van der Waals surface area (Å²) in [6.45, 7) is 6.27. The van der Waals surface area contributed by atoms with Crippen LogP contribution >= 0.6 is 0 Å². The molecule has 18 heavy (non-hydrogen) atoms. The number of carbonyl (C=O) groups excluding carboxylic acids is 1. The van der Waals surface area contributed by atoms with E-state index in [1.807, 2.05) is 13.8 Å². The lowest BCUT2D eigenvalue weighted by atomic mass is 10.2. The molecule has 5 heteroatoms. The van der Waals surface area contributed by atoms with Crippen molar-refractivity contribution < 1.29 is 19.4 Å². The van der Waals surface area contributed by atoms with Crippen LogP contribution in [0, 0.1) is 0 Å². The minimum Gasteiger partial charge on any atom is -0.491 e. The van der Waals surface area contributed by atoms with E-state index < -0.39 is 5.97 Å². The van der Waals surface area contributed by atoms with Gasteiger partial charge in [0.15, 0.2) is 5.76 Å². The summed E-state index contributed by atoms with van der Waals surface area (Å²) < 4.78 is 4.84. The second kappa shape index (κ2) is 13.5. The van der Waals surface area contributed by atoms with Crippen molar-refractivity contribution >= 4 is 11.9 Å². The number of aliphatic carboxylic acids is 1. The Kier molecular flexibility index (Phi) is 14.2. The molecular formula is C13H25NO4. The van der Waals surface area contributed by atoms with E-state index in [0.29, 0.717) is 18.7 Å². The molecule has 0 aromatic carbocycles. The molecule has 2 N–H and O–H groups in total. The standard InChI is InChI=1S/C11H19NO4.C2H6/c1-3-9(16-2)11(15)12-8-6-4-5-7-10(13)14;1-2/h3H,4-8H2,1-2H3,(H,12,15)(H,13,14);1-2H3/b9-3-;. The molecule has 0 radical (unpaired) electrons. The van der Waals surface area contributed by atoms with Crippen LogP contribution in [0.5, 0.6) is 0 Å². The van der Waals surface area contributed by atoms with Gasteiger partial charge in [-0.1, -0.05) is 20.3 Å². The van der Waals surface area contributed by atoms with Gasteiger partial charge in [-0.15, -0.1) is 0 Å². The number of nitrogens with one attached hydrogen (secondary N) is 1. The lowest BCUT2D eigenvalue weighted by Gasteiger charge is -2.06. The molecule has 0 aromatic heterocycles. The van der Waals surface area contributed by atoms with Crippen LogP contribution in [0.1, 0.15) is 46.5 Å². The number of unbranched alkanes of at least 4 members (excludes halogenated alkanes) is 2. The van der Waals surface area contributed by atoms with E-state index >= 15 is 0 Å². The summed E-state index contributed by atoms with van der Waals surface area (Å²) in [6, 6.07) is 0. The average Bonchev–Trinajstić information content (AvgIpc) is 2.37. The molecule has 0 unspecified atom stereocenters. The van der Waals surface area contributed by atoms with Crippen LogP contribution in [0.15, 0.2) is 11.8 Å². The quantitative estimate of drug-likeness (QED) is 0.398. The van der Waals surface area contributed by atoms with Gasteiger partial charge in [0.05, 0.1) is 7.11 Å². The zero-order chi connectivity index (χ0) is 14.4. The lowest BCUT2D eigenvalue weighted by Crippen LogP contribution is -2.26. The summed E-state index contributed by atoms with van der Waals surface area (Å²) in [5, 5.41) is 11.1. The van der Waals surface area contributed by atoms with E-state index in [-0.39, 0.29) is 12.3 Å². The largest absolute Gasteiger partial charge is 0.491 e. The third-order valence-corrected chi connectivity index (χ3v) is 2.06. The maximum atomic E-state index is 11.3. The van der Waals surface area contributed by atoms with Crippen LogP contribution in [-0.2, 0) is 14.3 Å². The summed E-state index contributed by atoms with van der Waals surface area (Å²) >= 11 is 0. The van der Waals surface area contributed by atoms with Gasteiger partial charge in [-0.25, -0.2) is 0 Å². The molecule has 0 aromatic rings. The second-order valence-electron chi connectivity index (χ2n) is 3.32. The number of rotatable bonds is 8. The fourth-order valence-electron chi connectivity index (χ4n) is 1.21. The van der Waals surface area contributed by atoms with Gasteiger partial charge in [-0.3, -0.25) is 9.59 Å². The Morgan fingerprint density at radius 1 is 1.22 bits per heavy atom. The Morgan fingerprint density at radius 2 is 1.83 bits per heavy atom. The smallest absolute Gasteiger partial charge is 0.303 e. The van der Waals surface area contributed by atoms with Gasteiger partial charge in [0.2, 0.25) is 0 Å². The van der Waals surface area contributed by atoms with Crippen molar-refractivity contribution in [1.82, 2.24) is 5.32 Å². The normalized spacial score (nSPS) is 10.1. The summed E-state index contributed by atoms with van der Waals surface area (Å²) in [7, 11) is 1.45. The molecule has 0 fully saturated rings. The molecule has 0 aliphatic carbocycles. The molecule has 0 aliphatic rings. The molecule has 0 saturated heterocycles. The first-order valence-corrected chi connectivity index (χ1v) is 6.32. The maximum absolute atomic E-state index is 11.3. The highest BCUT2D eigenvalue weighted by Gasteiger charge is 2.06. The topological polar surface area (TPSA) is 75.6 Å². The number of amides is 1. The maximum Gasteiger partial charge on any atom is 0.303 e. The second-order valence-corrected chi connectivity index (χ2v) is 3.32. The highest BCUT2D eigenvalue weighted by atomic mass is 16.5. The fraction of sp³-hybridized carbons (Fsp3) is 0.692. The summed E-state index contributed by atoms with van der Waals surface area (Å²) in [4.78, 5) is 21.6. The van der Waals surface area contributed by atoms with Crippen molar-refractivity contribution in [1.29, 1.82) is 0 Å². The zero-order valence-electron chi connectivity index (χ0n) is 11.8. The molecule has 0 rings (SSSR count). The highest BCUT2D eigenvalue weighted by molar-refractivity contribution is 5.91. The van der Waals surface area contributed by atoms with Crippen LogP contribution in [0.2, 0.25) is 0 Å². The monoisotopic (exact) mass is 259 g/mol. The van der Waals surface area contributed by atoms with Gasteiger partial charge < -0.3 is 15.2 Å². The Hall–Kier alpha value is -1.52. The van der Waals surface area contributed by atoms with Gasteiger partial charge >= 0.3 is 5.97 Å². The number of hydrogen-bond donors (Lipinski definition) is 2. The van der Waals surface area contributed by atoms with Gasteiger partial charge in [0, 0.05) is 13.0 Å². The van der Waals surface area contributed by atoms with Crippen molar-refractivity contribution in [2.75, 3.05) is 13.7 Å². The van der Waals surface area contributed by atoms with E-state index in [9.17, 15) is 9.59 Å². The summed E-state index contributed by atoms with van der Waals surface area (Å²) in [5.41, 5.74) is 0. The van der Waals surface area contributed by atoms with Crippen LogP contribution < -0.4 is 5.32 Å². The number of carbonyl (C=O) groups is 2. The van der Waals surface area contributed by atoms with Crippen molar-refractivity contribution in [3.63, 3.8) is 0 Å². The third kappa shape index (κ3) is 11.0. The molecule has 0 spiro atoms. The predicted molar refractivity (Wildman–Crippen MR) is 71.2 cm³/mol. The first-order valence-electron chi connectivity index (χ1n) is 6.32. The van der Waals surface area contributed by atoms with Crippen molar-refractivity contribution in [2.45, 2.75) is 46.5 Å². The van der Waals surface area contributed by atoms with E-state index in [2.05, 4.69) is 5.32 Å². The summed E-state index contributed by atoms with van der Waals surface area (Å²) in [5.74, 6) is -0.714. The molecular weight excluding hydrogens is 234 g/mol. The molecule has 0 atom stereocenters. The number of ether oxygens (including phenoxy) is 1. The molecule has 0 aliphatic heterocycles. The van der Waals surface area contributed by atoms with E-state index in [4.69, 9.17) is 9.84 Å². The lowest BCUT2D eigenvalue weighted by molar-refractivity contribution is -0.137. The molecule has 5 nitrogen and oxygen atoms in total. The van der Waals surface area contributed by atoms with Gasteiger partial charge in [0.1, 0.15) is 0 Å². The first kappa shape index (κ1) is 18.8. The van der Waals surface area contributed by atoms with E-state index in [1.54, 1.807) is 13.0 Å². The van der Waals surface area contributed by atoms with Crippen LogP contribution in [-0.4, -0.2) is 30.6 Å². The van der Waals surface area contributed by atoms with Gasteiger partial charge in [-0.05, 0) is 25.8 Å². The van der Waals surface area contributed by atoms with Crippen LogP contribution in [0.4, 0.5) is 0 Å².